The summed E-state index contributed by atoms with van der Waals surface area (Å²) in [5.74, 6) is 1.64. The third kappa shape index (κ3) is 4.59. The maximum Gasteiger partial charge on any atom is 0.320 e. The van der Waals surface area contributed by atoms with Gasteiger partial charge in [-0.25, -0.2) is 9.97 Å². The highest BCUT2D eigenvalue weighted by Crippen LogP contribution is 2.22. The molecule has 0 radical (unpaired) electrons. The fraction of sp³-hybridized carbons (Fsp3) is 0.455. The van der Waals surface area contributed by atoms with E-state index in [9.17, 15) is 4.79 Å². The fourth-order valence-electron chi connectivity index (χ4n) is 4.05. The van der Waals surface area contributed by atoms with Gasteiger partial charge in [-0.15, -0.1) is 0 Å². The van der Waals surface area contributed by atoms with Crippen LogP contribution in [0.25, 0.3) is 16.9 Å². The maximum absolute atomic E-state index is 11.8. The lowest BCUT2D eigenvalue weighted by Gasteiger charge is -2.35. The summed E-state index contributed by atoms with van der Waals surface area (Å²) in [5.41, 5.74) is 1.94. The first-order valence-electron chi connectivity index (χ1n) is 10.5. The van der Waals surface area contributed by atoms with Gasteiger partial charge in [-0.2, -0.15) is 4.98 Å². The molecule has 1 N–H and O–H groups in total. The number of likely N-dealkylation sites (tertiary alicyclic amines) is 1. The minimum atomic E-state index is -0.151. The van der Waals surface area contributed by atoms with Crippen molar-refractivity contribution in [2.24, 2.45) is 5.92 Å². The molecule has 1 aliphatic rings. The lowest BCUT2D eigenvalue weighted by Crippen LogP contribution is -2.44. The van der Waals surface area contributed by atoms with Crippen molar-refractivity contribution in [3.8, 4) is 5.82 Å². The molecule has 2 unspecified atom stereocenters. The summed E-state index contributed by atoms with van der Waals surface area (Å²) >= 11 is 0. The number of esters is 1. The maximum atomic E-state index is 11.8. The molecular formula is C22H28N6O2. The summed E-state index contributed by atoms with van der Waals surface area (Å²) in [6, 6.07) is 10.0. The summed E-state index contributed by atoms with van der Waals surface area (Å²) in [6.07, 6.45) is 5.73. The number of rotatable bonds is 7. The van der Waals surface area contributed by atoms with Crippen LogP contribution in [0.4, 0.5) is 5.95 Å². The van der Waals surface area contributed by atoms with Crippen molar-refractivity contribution < 1.29 is 9.53 Å². The number of hydrogen-bond acceptors (Lipinski definition) is 7. The molecular weight excluding hydrogens is 380 g/mol. The third-order valence-corrected chi connectivity index (χ3v) is 5.61. The van der Waals surface area contributed by atoms with E-state index in [0.29, 0.717) is 25.0 Å². The van der Waals surface area contributed by atoms with Gasteiger partial charge >= 0.3 is 5.97 Å². The quantitative estimate of drug-likeness (QED) is 0.602. The Morgan fingerprint density at radius 2 is 2.17 bits per heavy atom. The van der Waals surface area contributed by atoms with E-state index in [4.69, 9.17) is 9.72 Å². The van der Waals surface area contributed by atoms with Crippen LogP contribution in [-0.2, 0) is 9.53 Å². The molecule has 8 heteroatoms. The van der Waals surface area contributed by atoms with E-state index in [2.05, 4.69) is 27.1 Å². The van der Waals surface area contributed by atoms with Crippen LogP contribution < -0.4 is 5.32 Å². The molecule has 1 saturated heterocycles. The Morgan fingerprint density at radius 3 is 3.03 bits per heavy atom. The molecule has 0 saturated carbocycles. The highest BCUT2D eigenvalue weighted by molar-refractivity contribution is 5.76. The molecule has 0 aliphatic carbocycles. The number of para-hydroxylation sites is 2. The summed E-state index contributed by atoms with van der Waals surface area (Å²) in [7, 11) is 0. The SMILES string of the molecule is CCOC(=O)CN1CCCC(C(C)Nc2nccc(-n3cnc4ccccc43)n2)C1. The number of ether oxygens (including phenoxy) is 1. The van der Waals surface area contributed by atoms with Gasteiger partial charge in [0.2, 0.25) is 5.95 Å². The minimum absolute atomic E-state index is 0.151. The smallest absolute Gasteiger partial charge is 0.320 e. The number of nitrogens with one attached hydrogen (secondary N) is 1. The van der Waals surface area contributed by atoms with Crippen LogP contribution >= 0.6 is 0 Å². The predicted molar refractivity (Wildman–Crippen MR) is 116 cm³/mol. The molecule has 30 heavy (non-hydrogen) atoms. The third-order valence-electron chi connectivity index (χ3n) is 5.61. The zero-order chi connectivity index (χ0) is 20.9. The van der Waals surface area contributed by atoms with Crippen LogP contribution in [0.3, 0.4) is 0 Å². The Balaban J connectivity index is 1.43. The van der Waals surface area contributed by atoms with E-state index in [1.165, 1.54) is 0 Å². The first-order chi connectivity index (χ1) is 14.6. The molecule has 2 atom stereocenters. The van der Waals surface area contributed by atoms with Gasteiger partial charge in [-0.05, 0) is 57.4 Å². The van der Waals surface area contributed by atoms with E-state index in [1.807, 2.05) is 41.8 Å². The molecule has 1 aliphatic heterocycles. The molecule has 0 spiro atoms. The van der Waals surface area contributed by atoms with Gasteiger partial charge in [0.15, 0.2) is 0 Å². The van der Waals surface area contributed by atoms with Gasteiger partial charge < -0.3 is 10.1 Å². The van der Waals surface area contributed by atoms with Gasteiger partial charge in [0.25, 0.3) is 0 Å². The number of nitrogens with zero attached hydrogens (tertiary/aromatic N) is 5. The summed E-state index contributed by atoms with van der Waals surface area (Å²) < 4.78 is 7.06. The number of carbonyl (C=O) groups is 1. The predicted octanol–water partition coefficient (Wildman–Crippen LogP) is 2.89. The topological polar surface area (TPSA) is 85.2 Å². The normalized spacial score (nSPS) is 18.3. The highest BCUT2D eigenvalue weighted by atomic mass is 16.5. The van der Waals surface area contributed by atoms with Crippen LogP contribution in [0.1, 0.15) is 26.7 Å². The van der Waals surface area contributed by atoms with Gasteiger partial charge in [0, 0.05) is 18.8 Å². The average Bonchev–Trinajstić information content (AvgIpc) is 3.18. The molecule has 0 amide bonds. The van der Waals surface area contributed by atoms with Crippen molar-refractivity contribution in [2.45, 2.75) is 32.7 Å². The number of carbonyl (C=O) groups excluding carboxylic acids is 1. The Morgan fingerprint density at radius 1 is 1.30 bits per heavy atom. The molecule has 0 bridgehead atoms. The molecule has 158 valence electrons. The number of benzene rings is 1. The van der Waals surface area contributed by atoms with E-state index < -0.39 is 0 Å². The number of hydrogen-bond donors (Lipinski definition) is 1. The number of piperidine rings is 1. The van der Waals surface area contributed by atoms with Gasteiger partial charge in [0.1, 0.15) is 12.1 Å². The highest BCUT2D eigenvalue weighted by Gasteiger charge is 2.26. The Hall–Kier alpha value is -3.00. The number of fused-ring (bicyclic) bond motifs is 1. The zero-order valence-electron chi connectivity index (χ0n) is 17.5. The van der Waals surface area contributed by atoms with Crippen molar-refractivity contribution >= 4 is 23.0 Å². The van der Waals surface area contributed by atoms with Crippen molar-refractivity contribution in [3.63, 3.8) is 0 Å². The van der Waals surface area contributed by atoms with Crippen molar-refractivity contribution in [1.29, 1.82) is 0 Å². The molecule has 1 fully saturated rings. The van der Waals surface area contributed by atoms with E-state index in [-0.39, 0.29) is 12.0 Å². The Kier molecular flexibility index (Phi) is 6.23. The largest absolute Gasteiger partial charge is 0.465 e. The van der Waals surface area contributed by atoms with Gasteiger partial charge in [0.05, 0.1) is 24.2 Å². The Bertz CT molecular complexity index is 1000. The average molecular weight is 409 g/mol. The number of imidazole rings is 1. The zero-order valence-corrected chi connectivity index (χ0v) is 17.5. The number of aromatic nitrogens is 4. The fourth-order valence-corrected chi connectivity index (χ4v) is 4.05. The van der Waals surface area contributed by atoms with Crippen LogP contribution in [0.15, 0.2) is 42.9 Å². The number of anilines is 1. The van der Waals surface area contributed by atoms with Gasteiger partial charge in [-0.1, -0.05) is 12.1 Å². The molecule has 3 heterocycles. The molecule has 1 aromatic carbocycles. The van der Waals surface area contributed by atoms with E-state index in [0.717, 1.165) is 42.8 Å². The van der Waals surface area contributed by atoms with Crippen molar-refractivity contribution in [2.75, 3.05) is 31.6 Å². The van der Waals surface area contributed by atoms with E-state index >= 15 is 0 Å². The van der Waals surface area contributed by atoms with Crippen molar-refractivity contribution in [1.82, 2.24) is 24.4 Å². The van der Waals surface area contributed by atoms with E-state index in [1.54, 1.807) is 12.5 Å². The lowest BCUT2D eigenvalue weighted by atomic mass is 9.91. The second kappa shape index (κ2) is 9.21. The molecule has 2 aromatic heterocycles. The molecule has 8 nitrogen and oxygen atoms in total. The second-order valence-corrected chi connectivity index (χ2v) is 7.72. The summed E-state index contributed by atoms with van der Waals surface area (Å²) in [5, 5.41) is 3.46. The Labute approximate surface area is 176 Å². The van der Waals surface area contributed by atoms with Crippen molar-refractivity contribution in [3.05, 3.63) is 42.9 Å². The first kappa shape index (κ1) is 20.3. The van der Waals surface area contributed by atoms with Crippen LogP contribution in [0.5, 0.6) is 0 Å². The lowest BCUT2D eigenvalue weighted by molar-refractivity contribution is -0.144. The molecule has 3 aromatic rings. The van der Waals surface area contributed by atoms with Crippen LogP contribution in [-0.4, -0.2) is 62.7 Å². The first-order valence-corrected chi connectivity index (χ1v) is 10.5. The van der Waals surface area contributed by atoms with Gasteiger partial charge in [-0.3, -0.25) is 14.3 Å². The van der Waals surface area contributed by atoms with Crippen LogP contribution in [0.2, 0.25) is 0 Å². The second-order valence-electron chi connectivity index (χ2n) is 7.72. The molecule has 4 rings (SSSR count). The standard InChI is InChI=1S/C22H28N6O2/c1-3-30-21(29)14-27-12-6-7-17(13-27)16(2)25-22-23-11-10-20(26-22)28-15-24-18-8-4-5-9-19(18)28/h4-5,8-11,15-17H,3,6-7,12-14H2,1-2H3,(H,23,25,26). The van der Waals surface area contributed by atoms with Crippen LogP contribution in [0, 0.1) is 5.92 Å². The summed E-state index contributed by atoms with van der Waals surface area (Å²) in [6.45, 7) is 6.57. The summed E-state index contributed by atoms with van der Waals surface area (Å²) in [4.78, 5) is 27.6. The monoisotopic (exact) mass is 408 g/mol. The minimum Gasteiger partial charge on any atom is -0.465 e.